The summed E-state index contributed by atoms with van der Waals surface area (Å²) in [5, 5.41) is 4.60. The van der Waals surface area contributed by atoms with Crippen molar-refractivity contribution in [1.29, 1.82) is 0 Å². The highest BCUT2D eigenvalue weighted by Crippen LogP contribution is 2.22. The van der Waals surface area contributed by atoms with Gasteiger partial charge in [-0.25, -0.2) is 0 Å². The number of hydrogen-bond acceptors (Lipinski definition) is 4. The number of nitrogens with zero attached hydrogens (tertiary/aromatic N) is 3. The third-order valence-electron chi connectivity index (χ3n) is 4.30. The minimum atomic E-state index is 0.0610. The quantitative estimate of drug-likeness (QED) is 0.791. The van der Waals surface area contributed by atoms with Crippen LogP contribution in [-0.2, 0) is 11.3 Å². The summed E-state index contributed by atoms with van der Waals surface area (Å²) in [6.45, 7) is 2.29. The fourth-order valence-corrected chi connectivity index (χ4v) is 3.15. The number of methoxy groups -OCH3 is 1. The molecule has 1 aromatic carbocycles. The second kappa shape index (κ2) is 8.25. The van der Waals surface area contributed by atoms with Gasteiger partial charge in [0.15, 0.2) is 0 Å². The van der Waals surface area contributed by atoms with Crippen LogP contribution in [0.5, 0.6) is 11.5 Å². The lowest BCUT2D eigenvalue weighted by atomic mass is 9.99. The van der Waals surface area contributed by atoms with Gasteiger partial charge in [0.1, 0.15) is 18.0 Å². The summed E-state index contributed by atoms with van der Waals surface area (Å²) in [7, 11) is 1.64. The van der Waals surface area contributed by atoms with Crippen LogP contribution in [0.2, 0.25) is 5.02 Å². The molecule has 134 valence electrons. The van der Waals surface area contributed by atoms with Crippen LogP contribution in [0, 0.1) is 5.92 Å². The van der Waals surface area contributed by atoms with E-state index in [2.05, 4.69) is 5.10 Å². The van der Waals surface area contributed by atoms with Gasteiger partial charge in [-0.05, 0) is 25.0 Å². The summed E-state index contributed by atoms with van der Waals surface area (Å²) in [6.07, 6.45) is 5.24. The first-order valence-electron chi connectivity index (χ1n) is 8.36. The monoisotopic (exact) mass is 363 g/mol. The van der Waals surface area contributed by atoms with Gasteiger partial charge in [0.25, 0.3) is 0 Å². The van der Waals surface area contributed by atoms with E-state index in [9.17, 15) is 4.79 Å². The Balaban J connectivity index is 1.51. The van der Waals surface area contributed by atoms with Gasteiger partial charge >= 0.3 is 0 Å². The van der Waals surface area contributed by atoms with Crippen molar-refractivity contribution in [3.05, 3.63) is 41.7 Å². The van der Waals surface area contributed by atoms with Gasteiger partial charge in [-0.2, -0.15) is 5.10 Å². The maximum atomic E-state index is 12.4. The standard InChI is InChI=1S/C18H22ClN3O3/c1-24-16-5-2-6-17(8-16)25-13-14-4-3-7-21(10-14)18(23)12-22-11-15(19)9-20-22/h2,5-6,8-9,11,14H,3-4,7,10,12-13H2,1H3/t14-/m1/s1. The largest absolute Gasteiger partial charge is 0.497 e. The average molecular weight is 364 g/mol. The van der Waals surface area contributed by atoms with Crippen LogP contribution >= 0.6 is 11.6 Å². The number of carbonyl (C=O) groups is 1. The van der Waals surface area contributed by atoms with Crippen LogP contribution in [0.3, 0.4) is 0 Å². The van der Waals surface area contributed by atoms with Crippen molar-refractivity contribution >= 4 is 17.5 Å². The topological polar surface area (TPSA) is 56.6 Å². The molecule has 0 aliphatic carbocycles. The smallest absolute Gasteiger partial charge is 0.244 e. The number of benzene rings is 1. The zero-order chi connectivity index (χ0) is 17.6. The average Bonchev–Trinajstić information content (AvgIpc) is 3.05. The van der Waals surface area contributed by atoms with Crippen LogP contribution in [0.15, 0.2) is 36.7 Å². The first-order valence-corrected chi connectivity index (χ1v) is 8.74. The molecule has 1 saturated heterocycles. The molecule has 0 spiro atoms. The van der Waals surface area contributed by atoms with Crippen molar-refractivity contribution in [2.45, 2.75) is 19.4 Å². The summed E-state index contributed by atoms with van der Waals surface area (Å²) in [6, 6.07) is 7.57. The summed E-state index contributed by atoms with van der Waals surface area (Å²) in [5.74, 6) is 1.95. The Kier molecular flexibility index (Phi) is 5.81. The number of amides is 1. The van der Waals surface area contributed by atoms with E-state index in [1.165, 1.54) is 6.20 Å². The van der Waals surface area contributed by atoms with Crippen molar-refractivity contribution in [2.24, 2.45) is 5.92 Å². The van der Waals surface area contributed by atoms with Crippen LogP contribution in [-0.4, -0.2) is 47.4 Å². The number of rotatable bonds is 6. The Morgan fingerprint density at radius 2 is 2.24 bits per heavy atom. The third-order valence-corrected chi connectivity index (χ3v) is 4.49. The predicted octanol–water partition coefficient (Wildman–Crippen LogP) is 2.86. The number of halogens is 1. The molecule has 0 N–H and O–H groups in total. The van der Waals surface area contributed by atoms with Gasteiger partial charge in [0, 0.05) is 31.3 Å². The van der Waals surface area contributed by atoms with Gasteiger partial charge in [-0.15, -0.1) is 0 Å². The van der Waals surface area contributed by atoms with E-state index in [0.29, 0.717) is 24.1 Å². The normalized spacial score (nSPS) is 17.4. The summed E-state index contributed by atoms with van der Waals surface area (Å²) < 4.78 is 12.7. The van der Waals surface area contributed by atoms with E-state index in [1.807, 2.05) is 29.2 Å². The van der Waals surface area contributed by atoms with Crippen molar-refractivity contribution in [3.63, 3.8) is 0 Å². The number of piperidine rings is 1. The summed E-state index contributed by atoms with van der Waals surface area (Å²) >= 11 is 5.84. The molecule has 1 fully saturated rings. The Hall–Kier alpha value is -2.21. The first kappa shape index (κ1) is 17.6. The number of ether oxygens (including phenoxy) is 2. The zero-order valence-corrected chi connectivity index (χ0v) is 15.0. The molecule has 2 aromatic rings. The molecular formula is C18H22ClN3O3. The predicted molar refractivity (Wildman–Crippen MR) is 95.0 cm³/mol. The molecule has 1 atom stereocenters. The van der Waals surface area contributed by atoms with Gasteiger partial charge in [0.2, 0.25) is 5.91 Å². The van der Waals surface area contributed by atoms with Crippen molar-refractivity contribution in [1.82, 2.24) is 14.7 Å². The minimum absolute atomic E-state index is 0.0610. The molecule has 1 aromatic heterocycles. The highest BCUT2D eigenvalue weighted by atomic mass is 35.5. The molecule has 2 heterocycles. The fraction of sp³-hybridized carbons (Fsp3) is 0.444. The lowest BCUT2D eigenvalue weighted by Crippen LogP contribution is -2.43. The summed E-state index contributed by atoms with van der Waals surface area (Å²) in [5.41, 5.74) is 0. The Bertz CT molecular complexity index is 719. The molecule has 1 aliphatic heterocycles. The molecular weight excluding hydrogens is 342 g/mol. The molecule has 0 unspecified atom stereocenters. The van der Waals surface area contributed by atoms with Crippen molar-refractivity contribution in [3.8, 4) is 11.5 Å². The Labute approximate surface area is 152 Å². The van der Waals surface area contributed by atoms with Crippen molar-refractivity contribution in [2.75, 3.05) is 26.8 Å². The summed E-state index contributed by atoms with van der Waals surface area (Å²) in [4.78, 5) is 14.3. The van der Waals surface area contributed by atoms with Crippen LogP contribution in [0.25, 0.3) is 0 Å². The molecule has 0 saturated carbocycles. The zero-order valence-electron chi connectivity index (χ0n) is 14.2. The van der Waals surface area contributed by atoms with E-state index in [1.54, 1.807) is 18.0 Å². The van der Waals surface area contributed by atoms with E-state index in [-0.39, 0.29) is 12.5 Å². The number of likely N-dealkylation sites (tertiary alicyclic amines) is 1. The fourth-order valence-electron chi connectivity index (χ4n) is 3.00. The van der Waals surface area contributed by atoms with Crippen LogP contribution < -0.4 is 9.47 Å². The van der Waals surface area contributed by atoms with Crippen LogP contribution in [0.4, 0.5) is 0 Å². The second-order valence-corrected chi connectivity index (χ2v) is 6.63. The highest BCUT2D eigenvalue weighted by molar-refractivity contribution is 6.30. The number of hydrogen-bond donors (Lipinski definition) is 0. The first-order chi connectivity index (χ1) is 12.1. The second-order valence-electron chi connectivity index (χ2n) is 6.19. The van der Waals surface area contributed by atoms with Crippen LogP contribution in [0.1, 0.15) is 12.8 Å². The maximum Gasteiger partial charge on any atom is 0.244 e. The molecule has 25 heavy (non-hydrogen) atoms. The molecule has 7 heteroatoms. The van der Waals surface area contributed by atoms with Gasteiger partial charge in [-0.1, -0.05) is 17.7 Å². The molecule has 0 bridgehead atoms. The lowest BCUT2D eigenvalue weighted by Gasteiger charge is -2.32. The Morgan fingerprint density at radius 3 is 3.00 bits per heavy atom. The number of carbonyl (C=O) groups excluding carboxylic acids is 1. The molecule has 3 rings (SSSR count). The molecule has 1 aliphatic rings. The molecule has 1 amide bonds. The van der Waals surface area contributed by atoms with E-state index >= 15 is 0 Å². The van der Waals surface area contributed by atoms with E-state index < -0.39 is 0 Å². The van der Waals surface area contributed by atoms with E-state index in [4.69, 9.17) is 21.1 Å². The van der Waals surface area contributed by atoms with E-state index in [0.717, 1.165) is 30.9 Å². The maximum absolute atomic E-state index is 12.4. The minimum Gasteiger partial charge on any atom is -0.497 e. The third kappa shape index (κ3) is 4.89. The SMILES string of the molecule is COc1cccc(OC[C@@H]2CCCN(C(=O)Cn3cc(Cl)cn3)C2)c1. The molecule has 6 nitrogen and oxygen atoms in total. The van der Waals surface area contributed by atoms with Gasteiger partial charge < -0.3 is 14.4 Å². The van der Waals surface area contributed by atoms with Crippen molar-refractivity contribution < 1.29 is 14.3 Å². The highest BCUT2D eigenvalue weighted by Gasteiger charge is 2.24. The van der Waals surface area contributed by atoms with Gasteiger partial charge in [0.05, 0.1) is 24.9 Å². The number of aromatic nitrogens is 2. The Morgan fingerprint density at radius 1 is 1.40 bits per heavy atom. The van der Waals surface area contributed by atoms with Gasteiger partial charge in [-0.3, -0.25) is 9.48 Å². The lowest BCUT2D eigenvalue weighted by molar-refractivity contribution is -0.134. The molecule has 0 radical (unpaired) electrons.